The summed E-state index contributed by atoms with van der Waals surface area (Å²) in [5, 5.41) is 18.9. The summed E-state index contributed by atoms with van der Waals surface area (Å²) in [5.41, 5.74) is 0. The van der Waals surface area contributed by atoms with E-state index in [1.807, 2.05) is 12.1 Å². The Kier molecular flexibility index (Phi) is 4.44. The third kappa shape index (κ3) is 3.46. The van der Waals surface area contributed by atoms with Crippen LogP contribution in [0.4, 0.5) is 0 Å². The van der Waals surface area contributed by atoms with Gasteiger partial charge in [0.25, 0.3) is 5.91 Å². The first-order chi connectivity index (χ1) is 8.97. The number of carbonyl (C=O) groups excluding carboxylic acids is 1. The topological polar surface area (TPSA) is 70.0 Å². The molecule has 0 radical (unpaired) electrons. The zero-order valence-corrected chi connectivity index (χ0v) is 12.1. The summed E-state index contributed by atoms with van der Waals surface area (Å²) in [4.78, 5) is 13.5. The number of hydrogen-bond donors (Lipinski definition) is 2. The van der Waals surface area contributed by atoms with Gasteiger partial charge < -0.3 is 19.8 Å². The summed E-state index contributed by atoms with van der Waals surface area (Å²) in [6, 6.07) is 7.19. The molecule has 1 aromatic carbocycles. The Bertz CT molecular complexity index is 440. The van der Waals surface area contributed by atoms with Crippen molar-refractivity contribution in [3.05, 3.63) is 28.7 Å². The van der Waals surface area contributed by atoms with E-state index in [0.717, 1.165) is 4.47 Å². The number of likely N-dealkylation sites (tertiary alicyclic amines) is 1. The van der Waals surface area contributed by atoms with Gasteiger partial charge in [0, 0.05) is 17.6 Å². The number of aliphatic hydroxyl groups is 2. The predicted molar refractivity (Wildman–Crippen MR) is 72.8 cm³/mol. The smallest absolute Gasteiger partial charge is 0.263 e. The highest BCUT2D eigenvalue weighted by Crippen LogP contribution is 2.19. The molecule has 1 heterocycles. The standard InChI is InChI=1S/C13H16BrNO4/c1-8(19-10-4-2-9(14)3-5-10)13(18)15-6-11(16)12(17)7-15/h2-5,8,11-12,16-17H,6-7H2,1H3/t8?,11-,12+. The van der Waals surface area contributed by atoms with Crippen LogP contribution in [0.2, 0.25) is 0 Å². The van der Waals surface area contributed by atoms with E-state index < -0.39 is 18.3 Å². The Labute approximate surface area is 119 Å². The van der Waals surface area contributed by atoms with E-state index in [2.05, 4.69) is 15.9 Å². The molecular weight excluding hydrogens is 314 g/mol. The zero-order valence-electron chi connectivity index (χ0n) is 10.5. The summed E-state index contributed by atoms with van der Waals surface area (Å²) in [5.74, 6) is 0.364. The number of nitrogens with zero attached hydrogens (tertiary/aromatic N) is 1. The van der Waals surface area contributed by atoms with E-state index in [9.17, 15) is 15.0 Å². The Morgan fingerprint density at radius 2 is 1.84 bits per heavy atom. The number of rotatable bonds is 3. The van der Waals surface area contributed by atoms with E-state index in [1.165, 1.54) is 4.90 Å². The van der Waals surface area contributed by atoms with Gasteiger partial charge in [0.15, 0.2) is 6.10 Å². The Morgan fingerprint density at radius 1 is 1.32 bits per heavy atom. The van der Waals surface area contributed by atoms with Gasteiger partial charge in [0.2, 0.25) is 0 Å². The molecule has 2 N–H and O–H groups in total. The molecule has 0 spiro atoms. The van der Waals surface area contributed by atoms with E-state index in [-0.39, 0.29) is 19.0 Å². The van der Waals surface area contributed by atoms with Crippen molar-refractivity contribution in [3.8, 4) is 5.75 Å². The second kappa shape index (κ2) is 5.90. The van der Waals surface area contributed by atoms with Crippen molar-refractivity contribution in [1.29, 1.82) is 0 Å². The molecule has 1 aliphatic rings. The molecule has 1 aromatic rings. The largest absolute Gasteiger partial charge is 0.481 e. The number of hydrogen-bond acceptors (Lipinski definition) is 4. The van der Waals surface area contributed by atoms with Gasteiger partial charge in [-0.05, 0) is 31.2 Å². The van der Waals surface area contributed by atoms with E-state index >= 15 is 0 Å². The van der Waals surface area contributed by atoms with Crippen LogP contribution in [-0.4, -0.2) is 52.4 Å². The first kappa shape index (κ1) is 14.3. The predicted octanol–water partition coefficient (Wildman–Crippen LogP) is 0.780. The normalized spacial score (nSPS) is 24.3. The summed E-state index contributed by atoms with van der Waals surface area (Å²) >= 11 is 3.32. The Morgan fingerprint density at radius 3 is 2.37 bits per heavy atom. The number of β-amino-alcohol motifs (C(OH)–C–C–N with tert-alkyl or cyclic N) is 2. The van der Waals surface area contributed by atoms with Gasteiger partial charge in [0.05, 0.1) is 12.2 Å². The van der Waals surface area contributed by atoms with Gasteiger partial charge in [-0.25, -0.2) is 0 Å². The lowest BCUT2D eigenvalue weighted by Gasteiger charge is -2.21. The van der Waals surface area contributed by atoms with Gasteiger partial charge in [-0.1, -0.05) is 15.9 Å². The van der Waals surface area contributed by atoms with Crippen molar-refractivity contribution in [2.24, 2.45) is 0 Å². The summed E-state index contributed by atoms with van der Waals surface area (Å²) in [6.45, 7) is 1.95. The molecule has 0 aliphatic carbocycles. The van der Waals surface area contributed by atoms with Crippen molar-refractivity contribution in [1.82, 2.24) is 4.90 Å². The number of carbonyl (C=O) groups is 1. The van der Waals surface area contributed by atoms with Crippen LogP contribution in [0.15, 0.2) is 28.7 Å². The fourth-order valence-electron chi connectivity index (χ4n) is 1.97. The number of ether oxygens (including phenoxy) is 1. The lowest BCUT2D eigenvalue weighted by Crippen LogP contribution is -2.39. The minimum Gasteiger partial charge on any atom is -0.481 e. The lowest BCUT2D eigenvalue weighted by atomic mass is 10.3. The first-order valence-electron chi connectivity index (χ1n) is 6.04. The monoisotopic (exact) mass is 329 g/mol. The van der Waals surface area contributed by atoms with Gasteiger partial charge in [-0.3, -0.25) is 4.79 Å². The van der Waals surface area contributed by atoms with Crippen LogP contribution in [0.3, 0.4) is 0 Å². The molecule has 0 bridgehead atoms. The number of aliphatic hydroxyl groups excluding tert-OH is 2. The highest BCUT2D eigenvalue weighted by atomic mass is 79.9. The highest BCUT2D eigenvalue weighted by molar-refractivity contribution is 9.10. The molecule has 19 heavy (non-hydrogen) atoms. The van der Waals surface area contributed by atoms with Crippen LogP contribution in [-0.2, 0) is 4.79 Å². The average Bonchev–Trinajstić information content (AvgIpc) is 2.71. The third-order valence-corrected chi connectivity index (χ3v) is 3.57. The molecule has 1 aliphatic heterocycles. The van der Waals surface area contributed by atoms with Gasteiger partial charge in [0.1, 0.15) is 5.75 Å². The molecule has 0 saturated carbocycles. The number of amides is 1. The van der Waals surface area contributed by atoms with Crippen molar-refractivity contribution >= 4 is 21.8 Å². The van der Waals surface area contributed by atoms with E-state index in [4.69, 9.17) is 4.74 Å². The molecule has 104 valence electrons. The van der Waals surface area contributed by atoms with Crippen LogP contribution >= 0.6 is 15.9 Å². The molecule has 1 saturated heterocycles. The SMILES string of the molecule is CC(Oc1ccc(Br)cc1)C(=O)N1C[C@@H](O)[C@@H](O)C1. The van der Waals surface area contributed by atoms with Crippen molar-refractivity contribution in [2.45, 2.75) is 25.2 Å². The quantitative estimate of drug-likeness (QED) is 0.859. The second-order valence-electron chi connectivity index (χ2n) is 4.59. The maximum atomic E-state index is 12.1. The molecule has 5 nitrogen and oxygen atoms in total. The molecular formula is C13H16BrNO4. The van der Waals surface area contributed by atoms with Gasteiger partial charge in [-0.15, -0.1) is 0 Å². The molecule has 1 unspecified atom stereocenters. The maximum Gasteiger partial charge on any atom is 0.263 e. The van der Waals surface area contributed by atoms with E-state index in [0.29, 0.717) is 5.75 Å². The average molecular weight is 330 g/mol. The molecule has 1 fully saturated rings. The van der Waals surface area contributed by atoms with Crippen molar-refractivity contribution in [3.63, 3.8) is 0 Å². The van der Waals surface area contributed by atoms with Crippen molar-refractivity contribution < 1.29 is 19.7 Å². The van der Waals surface area contributed by atoms with Crippen LogP contribution in [0.25, 0.3) is 0 Å². The fraction of sp³-hybridized carbons (Fsp3) is 0.462. The minimum atomic E-state index is -0.871. The number of halogens is 1. The minimum absolute atomic E-state index is 0.147. The number of benzene rings is 1. The van der Waals surface area contributed by atoms with Gasteiger partial charge >= 0.3 is 0 Å². The maximum absolute atomic E-state index is 12.1. The van der Waals surface area contributed by atoms with Crippen LogP contribution in [0, 0.1) is 0 Å². The van der Waals surface area contributed by atoms with E-state index in [1.54, 1.807) is 19.1 Å². The molecule has 6 heteroatoms. The summed E-state index contributed by atoms with van der Waals surface area (Å²) in [6.07, 6.45) is -2.40. The Balaban J connectivity index is 1.94. The Hall–Kier alpha value is -1.11. The van der Waals surface area contributed by atoms with Crippen LogP contribution < -0.4 is 4.74 Å². The second-order valence-corrected chi connectivity index (χ2v) is 5.51. The first-order valence-corrected chi connectivity index (χ1v) is 6.84. The molecule has 1 amide bonds. The van der Waals surface area contributed by atoms with Gasteiger partial charge in [-0.2, -0.15) is 0 Å². The third-order valence-electron chi connectivity index (χ3n) is 3.04. The zero-order chi connectivity index (χ0) is 14.0. The summed E-state index contributed by atoms with van der Waals surface area (Å²) in [7, 11) is 0. The molecule has 0 aromatic heterocycles. The van der Waals surface area contributed by atoms with Crippen LogP contribution in [0.1, 0.15) is 6.92 Å². The summed E-state index contributed by atoms with van der Waals surface area (Å²) < 4.78 is 6.47. The fourth-order valence-corrected chi connectivity index (χ4v) is 2.24. The van der Waals surface area contributed by atoms with Crippen LogP contribution in [0.5, 0.6) is 5.75 Å². The highest BCUT2D eigenvalue weighted by Gasteiger charge is 2.34. The molecule has 3 atom stereocenters. The van der Waals surface area contributed by atoms with Crippen molar-refractivity contribution in [2.75, 3.05) is 13.1 Å². The lowest BCUT2D eigenvalue weighted by molar-refractivity contribution is -0.137. The molecule has 2 rings (SSSR count).